The molecule has 0 radical (unpaired) electrons. The standard InChI is InChI=1S/C12H14ClN3/c1-9-12(7-13)10(2)16(15-9)8-11-3-5-14-6-4-11/h3-6H,7-8H2,1-2H3. The van der Waals surface area contributed by atoms with E-state index >= 15 is 0 Å². The van der Waals surface area contributed by atoms with Crippen LogP contribution in [0, 0.1) is 13.8 Å². The molecule has 0 aromatic carbocycles. The topological polar surface area (TPSA) is 30.7 Å². The van der Waals surface area contributed by atoms with Crippen LogP contribution in [0.25, 0.3) is 0 Å². The first-order chi connectivity index (χ1) is 7.72. The molecule has 0 bridgehead atoms. The van der Waals surface area contributed by atoms with Gasteiger partial charge in [-0.15, -0.1) is 11.6 Å². The van der Waals surface area contributed by atoms with Gasteiger partial charge in [-0.25, -0.2) is 0 Å². The average molecular weight is 236 g/mol. The van der Waals surface area contributed by atoms with Crippen molar-refractivity contribution in [1.29, 1.82) is 0 Å². The number of halogens is 1. The van der Waals surface area contributed by atoms with Crippen LogP contribution in [0.15, 0.2) is 24.5 Å². The quantitative estimate of drug-likeness (QED) is 0.766. The Kier molecular flexibility index (Phi) is 3.25. The van der Waals surface area contributed by atoms with Gasteiger partial charge < -0.3 is 0 Å². The lowest BCUT2D eigenvalue weighted by atomic mass is 10.2. The molecule has 0 aliphatic heterocycles. The third-order valence-electron chi connectivity index (χ3n) is 2.75. The van der Waals surface area contributed by atoms with Gasteiger partial charge in [-0.1, -0.05) is 0 Å². The zero-order chi connectivity index (χ0) is 11.5. The van der Waals surface area contributed by atoms with Gasteiger partial charge in [0.2, 0.25) is 0 Å². The number of hydrogen-bond acceptors (Lipinski definition) is 2. The molecular formula is C12H14ClN3. The molecule has 0 atom stereocenters. The number of aryl methyl sites for hydroxylation is 1. The highest BCUT2D eigenvalue weighted by molar-refractivity contribution is 6.17. The molecule has 0 N–H and O–H groups in total. The minimum atomic E-state index is 0.522. The van der Waals surface area contributed by atoms with Gasteiger partial charge in [0.1, 0.15) is 0 Å². The molecule has 2 rings (SSSR count). The number of aromatic nitrogens is 3. The summed E-state index contributed by atoms with van der Waals surface area (Å²) >= 11 is 5.89. The molecular weight excluding hydrogens is 222 g/mol. The first-order valence-corrected chi connectivity index (χ1v) is 5.73. The van der Waals surface area contributed by atoms with Gasteiger partial charge >= 0.3 is 0 Å². The van der Waals surface area contributed by atoms with Gasteiger partial charge in [-0.3, -0.25) is 9.67 Å². The van der Waals surface area contributed by atoms with E-state index in [1.54, 1.807) is 12.4 Å². The average Bonchev–Trinajstić information content (AvgIpc) is 2.55. The molecule has 0 unspecified atom stereocenters. The second-order valence-corrected chi connectivity index (χ2v) is 4.06. The van der Waals surface area contributed by atoms with Gasteiger partial charge in [-0.2, -0.15) is 5.10 Å². The second-order valence-electron chi connectivity index (χ2n) is 3.80. The van der Waals surface area contributed by atoms with E-state index in [0.717, 1.165) is 23.5 Å². The maximum absolute atomic E-state index is 5.89. The van der Waals surface area contributed by atoms with Crippen molar-refractivity contribution in [2.75, 3.05) is 0 Å². The van der Waals surface area contributed by atoms with Crippen LogP contribution in [0.3, 0.4) is 0 Å². The summed E-state index contributed by atoms with van der Waals surface area (Å²) in [4.78, 5) is 4.00. The Balaban J connectivity index is 2.29. The Labute approximate surface area is 100 Å². The predicted octanol–water partition coefficient (Wildman–Crippen LogP) is 2.68. The molecule has 4 heteroatoms. The third-order valence-corrected chi connectivity index (χ3v) is 3.01. The van der Waals surface area contributed by atoms with E-state index in [2.05, 4.69) is 17.0 Å². The van der Waals surface area contributed by atoms with Crippen molar-refractivity contribution in [3.8, 4) is 0 Å². The van der Waals surface area contributed by atoms with Crippen LogP contribution in [0.2, 0.25) is 0 Å². The molecule has 2 aromatic rings. The lowest BCUT2D eigenvalue weighted by molar-refractivity contribution is 0.658. The van der Waals surface area contributed by atoms with E-state index in [-0.39, 0.29) is 0 Å². The van der Waals surface area contributed by atoms with E-state index in [0.29, 0.717) is 5.88 Å². The first-order valence-electron chi connectivity index (χ1n) is 5.20. The maximum atomic E-state index is 5.89. The van der Waals surface area contributed by atoms with Crippen molar-refractivity contribution in [2.24, 2.45) is 0 Å². The van der Waals surface area contributed by atoms with Crippen molar-refractivity contribution in [3.63, 3.8) is 0 Å². The highest BCUT2D eigenvalue weighted by atomic mass is 35.5. The van der Waals surface area contributed by atoms with Crippen LogP contribution in [-0.2, 0) is 12.4 Å². The van der Waals surface area contributed by atoms with Gasteiger partial charge in [0, 0.05) is 23.7 Å². The Bertz CT molecular complexity index is 477. The van der Waals surface area contributed by atoms with Crippen LogP contribution in [0.1, 0.15) is 22.5 Å². The fraction of sp³-hybridized carbons (Fsp3) is 0.333. The Morgan fingerprint density at radius 3 is 2.50 bits per heavy atom. The largest absolute Gasteiger partial charge is 0.265 e. The molecule has 3 nitrogen and oxygen atoms in total. The maximum Gasteiger partial charge on any atom is 0.0663 e. The Hall–Kier alpha value is -1.35. The van der Waals surface area contributed by atoms with Crippen molar-refractivity contribution in [1.82, 2.24) is 14.8 Å². The Morgan fingerprint density at radius 1 is 1.25 bits per heavy atom. The van der Waals surface area contributed by atoms with E-state index in [9.17, 15) is 0 Å². The summed E-state index contributed by atoms with van der Waals surface area (Å²) < 4.78 is 1.99. The molecule has 0 fully saturated rings. The van der Waals surface area contributed by atoms with E-state index in [1.807, 2.05) is 23.7 Å². The van der Waals surface area contributed by atoms with Gasteiger partial charge in [0.05, 0.1) is 18.1 Å². The number of rotatable bonds is 3. The zero-order valence-electron chi connectivity index (χ0n) is 9.44. The van der Waals surface area contributed by atoms with Gasteiger partial charge in [0.15, 0.2) is 0 Å². The van der Waals surface area contributed by atoms with Crippen molar-refractivity contribution in [3.05, 3.63) is 47.0 Å². The smallest absolute Gasteiger partial charge is 0.0663 e. The number of alkyl halides is 1. The highest BCUT2D eigenvalue weighted by Crippen LogP contribution is 2.16. The van der Waals surface area contributed by atoms with E-state index in [4.69, 9.17) is 11.6 Å². The van der Waals surface area contributed by atoms with Crippen LogP contribution in [0.4, 0.5) is 0 Å². The monoisotopic (exact) mass is 235 g/mol. The first kappa shape index (κ1) is 11.1. The SMILES string of the molecule is Cc1nn(Cc2ccncc2)c(C)c1CCl. The molecule has 0 saturated carbocycles. The zero-order valence-corrected chi connectivity index (χ0v) is 10.2. The number of pyridine rings is 1. The fourth-order valence-corrected chi connectivity index (χ4v) is 2.13. The molecule has 84 valence electrons. The van der Waals surface area contributed by atoms with Gasteiger partial charge in [-0.05, 0) is 31.5 Å². The van der Waals surface area contributed by atoms with Crippen molar-refractivity contribution < 1.29 is 0 Å². The highest BCUT2D eigenvalue weighted by Gasteiger charge is 2.10. The molecule has 0 aliphatic rings. The van der Waals surface area contributed by atoms with Crippen LogP contribution in [0.5, 0.6) is 0 Å². The molecule has 0 aliphatic carbocycles. The van der Waals surface area contributed by atoms with E-state index < -0.39 is 0 Å². The molecule has 0 amide bonds. The fourth-order valence-electron chi connectivity index (χ4n) is 1.74. The minimum absolute atomic E-state index is 0.522. The number of nitrogens with zero attached hydrogens (tertiary/aromatic N) is 3. The second kappa shape index (κ2) is 4.66. The third kappa shape index (κ3) is 2.09. The summed E-state index contributed by atoms with van der Waals surface area (Å²) in [7, 11) is 0. The molecule has 0 saturated heterocycles. The summed E-state index contributed by atoms with van der Waals surface area (Å²) in [6.45, 7) is 4.82. The van der Waals surface area contributed by atoms with Crippen molar-refractivity contribution in [2.45, 2.75) is 26.3 Å². The van der Waals surface area contributed by atoms with Crippen LogP contribution >= 0.6 is 11.6 Å². The molecule has 0 spiro atoms. The predicted molar refractivity (Wildman–Crippen MR) is 64.6 cm³/mol. The summed E-state index contributed by atoms with van der Waals surface area (Å²) in [5.74, 6) is 0.522. The number of hydrogen-bond donors (Lipinski definition) is 0. The van der Waals surface area contributed by atoms with Crippen LogP contribution in [-0.4, -0.2) is 14.8 Å². The summed E-state index contributed by atoms with van der Waals surface area (Å²) in [6.07, 6.45) is 3.59. The summed E-state index contributed by atoms with van der Waals surface area (Å²) in [5.41, 5.74) is 4.49. The molecule has 2 heterocycles. The Morgan fingerprint density at radius 2 is 1.94 bits per heavy atom. The summed E-state index contributed by atoms with van der Waals surface area (Å²) in [6, 6.07) is 3.99. The lowest BCUT2D eigenvalue weighted by Gasteiger charge is -2.04. The van der Waals surface area contributed by atoms with Crippen molar-refractivity contribution >= 4 is 11.6 Å². The lowest BCUT2D eigenvalue weighted by Crippen LogP contribution is -2.04. The van der Waals surface area contributed by atoms with Crippen LogP contribution < -0.4 is 0 Å². The minimum Gasteiger partial charge on any atom is -0.265 e. The summed E-state index contributed by atoms with van der Waals surface area (Å²) in [5, 5.41) is 4.49. The van der Waals surface area contributed by atoms with E-state index in [1.165, 1.54) is 5.56 Å². The molecule has 16 heavy (non-hydrogen) atoms. The normalized spacial score (nSPS) is 10.7. The van der Waals surface area contributed by atoms with Gasteiger partial charge in [0.25, 0.3) is 0 Å². The molecule has 2 aromatic heterocycles.